The zero-order valence-corrected chi connectivity index (χ0v) is 24.4. The van der Waals surface area contributed by atoms with Gasteiger partial charge in [0, 0.05) is 13.1 Å². The quantitative estimate of drug-likeness (QED) is 0.282. The fourth-order valence-electron chi connectivity index (χ4n) is 4.29. The Bertz CT molecular complexity index is 1380. The number of anilines is 1. The Balaban J connectivity index is 2.02. The zero-order valence-electron chi connectivity index (χ0n) is 23.6. The molecular weight excluding hydrogens is 529 g/mol. The standard InChI is InChI=1S/C31H38FN3O4S/c1-5-7-20-33-31(37)29(6-2)34(21-25-12-8-23(3)9-13-25)30(36)22-35(27-16-14-26(32)15-17-27)40(38,39)28-18-10-24(4)11-19-28/h8-19,29H,5-7,20-22H2,1-4H3,(H,33,37)/t29-/m1/s1. The fourth-order valence-corrected chi connectivity index (χ4v) is 5.70. The highest BCUT2D eigenvalue weighted by Gasteiger charge is 2.33. The number of amides is 2. The Labute approximate surface area is 237 Å². The number of hydrogen-bond acceptors (Lipinski definition) is 4. The molecule has 3 aromatic carbocycles. The van der Waals surface area contributed by atoms with Crippen LogP contribution >= 0.6 is 0 Å². The first-order valence-electron chi connectivity index (χ1n) is 13.5. The Morgan fingerprint density at radius 1 is 0.875 bits per heavy atom. The van der Waals surface area contributed by atoms with Crippen molar-refractivity contribution in [2.75, 3.05) is 17.4 Å². The molecule has 1 atom stereocenters. The van der Waals surface area contributed by atoms with Gasteiger partial charge in [-0.05, 0) is 68.7 Å². The van der Waals surface area contributed by atoms with E-state index in [-0.39, 0.29) is 23.0 Å². The summed E-state index contributed by atoms with van der Waals surface area (Å²) in [5.74, 6) is -1.36. The maximum Gasteiger partial charge on any atom is 0.264 e. The Morgan fingerprint density at radius 3 is 2.00 bits per heavy atom. The van der Waals surface area contributed by atoms with E-state index in [1.165, 1.54) is 29.2 Å². The number of unbranched alkanes of at least 4 members (excludes halogenated alkanes) is 1. The van der Waals surface area contributed by atoms with Crippen LogP contribution in [0, 0.1) is 19.7 Å². The van der Waals surface area contributed by atoms with Crippen LogP contribution in [0.15, 0.2) is 77.7 Å². The molecule has 40 heavy (non-hydrogen) atoms. The molecule has 0 spiro atoms. The second kappa shape index (κ2) is 14.1. The molecule has 0 bridgehead atoms. The third kappa shape index (κ3) is 7.91. The van der Waals surface area contributed by atoms with E-state index in [0.29, 0.717) is 13.0 Å². The third-order valence-corrected chi connectivity index (χ3v) is 8.48. The molecule has 0 saturated heterocycles. The van der Waals surface area contributed by atoms with Gasteiger partial charge in [-0.15, -0.1) is 0 Å². The number of carbonyl (C=O) groups excluding carboxylic acids is 2. The van der Waals surface area contributed by atoms with Crippen LogP contribution in [0.3, 0.4) is 0 Å². The van der Waals surface area contributed by atoms with Gasteiger partial charge >= 0.3 is 0 Å². The molecule has 0 fully saturated rings. The molecule has 3 aromatic rings. The van der Waals surface area contributed by atoms with Crippen LogP contribution in [0.2, 0.25) is 0 Å². The molecular formula is C31H38FN3O4S. The van der Waals surface area contributed by atoms with Crippen LogP contribution in [-0.2, 0) is 26.2 Å². The smallest absolute Gasteiger partial charge is 0.264 e. The topological polar surface area (TPSA) is 86.8 Å². The van der Waals surface area contributed by atoms with Crippen molar-refractivity contribution in [3.8, 4) is 0 Å². The second-order valence-electron chi connectivity index (χ2n) is 9.88. The molecule has 9 heteroatoms. The molecule has 0 unspecified atom stereocenters. The van der Waals surface area contributed by atoms with Gasteiger partial charge in [0.15, 0.2) is 0 Å². The Hall–Kier alpha value is -3.72. The van der Waals surface area contributed by atoms with Crippen molar-refractivity contribution in [1.82, 2.24) is 10.2 Å². The van der Waals surface area contributed by atoms with Crippen molar-refractivity contribution >= 4 is 27.5 Å². The molecule has 0 aliphatic rings. The number of hydrogen-bond donors (Lipinski definition) is 1. The third-order valence-electron chi connectivity index (χ3n) is 6.69. The van der Waals surface area contributed by atoms with Gasteiger partial charge in [0.1, 0.15) is 18.4 Å². The van der Waals surface area contributed by atoms with Gasteiger partial charge in [-0.1, -0.05) is 67.8 Å². The molecule has 1 N–H and O–H groups in total. The van der Waals surface area contributed by atoms with Crippen molar-refractivity contribution in [1.29, 1.82) is 0 Å². The lowest BCUT2D eigenvalue weighted by atomic mass is 10.1. The van der Waals surface area contributed by atoms with Gasteiger partial charge in [-0.2, -0.15) is 0 Å². The minimum atomic E-state index is -4.20. The number of rotatable bonds is 13. The van der Waals surface area contributed by atoms with Crippen LogP contribution in [0.4, 0.5) is 10.1 Å². The minimum absolute atomic E-state index is 0.00431. The molecule has 0 aliphatic carbocycles. The van der Waals surface area contributed by atoms with Crippen LogP contribution in [-0.4, -0.2) is 44.3 Å². The number of aryl methyl sites for hydroxylation is 2. The SMILES string of the molecule is CCCCNC(=O)[C@@H](CC)N(Cc1ccc(C)cc1)C(=O)CN(c1ccc(F)cc1)S(=O)(=O)c1ccc(C)cc1. The van der Waals surface area contributed by atoms with E-state index in [9.17, 15) is 22.4 Å². The lowest BCUT2D eigenvalue weighted by Gasteiger charge is -2.33. The van der Waals surface area contributed by atoms with Gasteiger partial charge in [0.05, 0.1) is 10.6 Å². The van der Waals surface area contributed by atoms with E-state index in [1.807, 2.05) is 52.0 Å². The summed E-state index contributed by atoms with van der Waals surface area (Å²) >= 11 is 0. The highest BCUT2D eigenvalue weighted by Crippen LogP contribution is 2.25. The monoisotopic (exact) mass is 567 g/mol. The summed E-state index contributed by atoms with van der Waals surface area (Å²) in [7, 11) is -4.20. The number of nitrogens with one attached hydrogen (secondary N) is 1. The lowest BCUT2D eigenvalue weighted by molar-refractivity contribution is -0.140. The van der Waals surface area contributed by atoms with Crippen molar-refractivity contribution in [3.05, 3.63) is 95.3 Å². The maximum absolute atomic E-state index is 14.0. The molecule has 3 rings (SSSR count). The van der Waals surface area contributed by atoms with Crippen molar-refractivity contribution in [2.45, 2.75) is 64.4 Å². The van der Waals surface area contributed by atoms with E-state index < -0.39 is 34.3 Å². The molecule has 0 aromatic heterocycles. The van der Waals surface area contributed by atoms with Crippen LogP contribution in [0.5, 0.6) is 0 Å². The fraction of sp³-hybridized carbons (Fsp3) is 0.355. The largest absolute Gasteiger partial charge is 0.354 e. The van der Waals surface area contributed by atoms with Gasteiger partial charge in [0.25, 0.3) is 10.0 Å². The van der Waals surface area contributed by atoms with E-state index in [0.717, 1.165) is 46.0 Å². The minimum Gasteiger partial charge on any atom is -0.354 e. The highest BCUT2D eigenvalue weighted by atomic mass is 32.2. The molecule has 0 heterocycles. The number of carbonyl (C=O) groups is 2. The average Bonchev–Trinajstić information content (AvgIpc) is 2.93. The van der Waals surface area contributed by atoms with Gasteiger partial charge in [-0.3, -0.25) is 13.9 Å². The Kier molecular flexibility index (Phi) is 10.8. The van der Waals surface area contributed by atoms with Crippen LogP contribution < -0.4 is 9.62 Å². The van der Waals surface area contributed by atoms with E-state index in [2.05, 4.69) is 5.32 Å². The van der Waals surface area contributed by atoms with Crippen LogP contribution in [0.25, 0.3) is 0 Å². The normalized spacial score (nSPS) is 12.0. The average molecular weight is 568 g/mol. The second-order valence-corrected chi connectivity index (χ2v) is 11.7. The number of halogens is 1. The summed E-state index contributed by atoms with van der Waals surface area (Å²) < 4.78 is 42.4. The molecule has 7 nitrogen and oxygen atoms in total. The van der Waals surface area contributed by atoms with Gasteiger partial charge in [-0.25, -0.2) is 12.8 Å². The van der Waals surface area contributed by atoms with E-state index in [4.69, 9.17) is 0 Å². The predicted octanol–water partition coefficient (Wildman–Crippen LogP) is 5.36. The number of benzene rings is 3. The first-order valence-corrected chi connectivity index (χ1v) is 15.0. The molecule has 2 amide bonds. The number of sulfonamides is 1. The first kappa shape index (κ1) is 30.8. The molecule has 214 valence electrons. The Morgan fingerprint density at radius 2 is 1.45 bits per heavy atom. The summed E-state index contributed by atoms with van der Waals surface area (Å²) in [6, 6.07) is 18.1. The van der Waals surface area contributed by atoms with Crippen molar-refractivity contribution in [2.24, 2.45) is 0 Å². The van der Waals surface area contributed by atoms with E-state index >= 15 is 0 Å². The van der Waals surface area contributed by atoms with Crippen molar-refractivity contribution < 1.29 is 22.4 Å². The summed E-state index contributed by atoms with van der Waals surface area (Å²) in [5, 5.41) is 2.91. The van der Waals surface area contributed by atoms with Crippen LogP contribution in [0.1, 0.15) is 49.8 Å². The number of nitrogens with zero attached hydrogens (tertiary/aromatic N) is 2. The summed E-state index contributed by atoms with van der Waals surface area (Å²) in [6.45, 7) is 7.70. The molecule has 0 saturated carbocycles. The van der Waals surface area contributed by atoms with Gasteiger partial charge < -0.3 is 10.2 Å². The predicted molar refractivity (Wildman–Crippen MR) is 156 cm³/mol. The molecule has 0 aliphatic heterocycles. The highest BCUT2D eigenvalue weighted by molar-refractivity contribution is 7.92. The maximum atomic E-state index is 14.0. The van der Waals surface area contributed by atoms with Gasteiger partial charge in [0.2, 0.25) is 11.8 Å². The molecule has 0 radical (unpaired) electrons. The first-order chi connectivity index (χ1) is 19.1. The summed E-state index contributed by atoms with van der Waals surface area (Å²) in [5.41, 5.74) is 2.89. The lowest BCUT2D eigenvalue weighted by Crippen LogP contribution is -2.52. The summed E-state index contributed by atoms with van der Waals surface area (Å²) in [6.07, 6.45) is 2.06. The van der Waals surface area contributed by atoms with E-state index in [1.54, 1.807) is 12.1 Å². The summed E-state index contributed by atoms with van der Waals surface area (Å²) in [4.78, 5) is 28.6. The van der Waals surface area contributed by atoms with Crippen molar-refractivity contribution in [3.63, 3.8) is 0 Å². The zero-order chi connectivity index (χ0) is 29.3.